The zero-order valence-electron chi connectivity index (χ0n) is 19.9. The van der Waals surface area contributed by atoms with Crippen LogP contribution in [0, 0.1) is 0 Å². The number of oxime groups is 1. The van der Waals surface area contributed by atoms with Gasteiger partial charge in [0.1, 0.15) is 30.4 Å². The molecule has 3 aliphatic rings. The molecule has 0 aromatic heterocycles. The monoisotopic (exact) mass is 523 g/mol. The molecule has 2 heterocycles. The molecule has 2 fully saturated rings. The fourth-order valence-electron chi connectivity index (χ4n) is 4.80. The Balaban J connectivity index is 0.00000171. The van der Waals surface area contributed by atoms with Gasteiger partial charge in [0.15, 0.2) is 0 Å². The van der Waals surface area contributed by atoms with E-state index in [-0.39, 0.29) is 24.8 Å². The van der Waals surface area contributed by atoms with E-state index in [9.17, 15) is 5.21 Å². The van der Waals surface area contributed by atoms with Gasteiger partial charge < -0.3 is 25.3 Å². The molecule has 0 atom stereocenters. The number of nitrogens with zero attached hydrogens (tertiary/aromatic N) is 3. The van der Waals surface area contributed by atoms with E-state index in [0.717, 1.165) is 99.2 Å². The third-order valence-electron chi connectivity index (χ3n) is 6.65. The van der Waals surface area contributed by atoms with Gasteiger partial charge in [-0.1, -0.05) is 5.16 Å². The van der Waals surface area contributed by atoms with E-state index >= 15 is 0 Å². The van der Waals surface area contributed by atoms with Gasteiger partial charge in [0.2, 0.25) is 0 Å². The summed E-state index contributed by atoms with van der Waals surface area (Å²) in [7, 11) is 0. The molecule has 2 aromatic rings. The molecule has 0 spiro atoms. The summed E-state index contributed by atoms with van der Waals surface area (Å²) in [6, 6.07) is 12.1. The molecule has 5 rings (SSSR count). The van der Waals surface area contributed by atoms with E-state index in [0.29, 0.717) is 18.9 Å². The first kappa shape index (κ1) is 27.5. The third kappa shape index (κ3) is 6.58. The van der Waals surface area contributed by atoms with Gasteiger partial charge in [-0.3, -0.25) is 9.80 Å². The lowest BCUT2D eigenvalue weighted by molar-refractivity contribution is 0.191. The fraction of sp³-hybridized carbons (Fsp3) is 0.480. The van der Waals surface area contributed by atoms with Crippen LogP contribution in [0.15, 0.2) is 41.6 Å². The average Bonchev–Trinajstić information content (AvgIpc) is 3.17. The van der Waals surface area contributed by atoms with Crippen molar-refractivity contribution in [1.29, 1.82) is 0 Å². The summed E-state index contributed by atoms with van der Waals surface area (Å²) in [5.41, 5.74) is 4.47. The Bertz CT molecular complexity index is 920. The first-order valence-electron chi connectivity index (χ1n) is 11.9. The summed E-state index contributed by atoms with van der Waals surface area (Å²) in [6.45, 7) is 11.5. The van der Waals surface area contributed by atoms with Crippen molar-refractivity contribution in [3.8, 4) is 22.6 Å². The zero-order valence-corrected chi connectivity index (χ0v) is 21.5. The van der Waals surface area contributed by atoms with Crippen LogP contribution in [0.3, 0.4) is 0 Å². The highest BCUT2D eigenvalue weighted by Gasteiger charge is 2.27. The van der Waals surface area contributed by atoms with E-state index in [1.165, 1.54) is 0 Å². The summed E-state index contributed by atoms with van der Waals surface area (Å²) in [4.78, 5) is 4.81. The molecule has 8 nitrogen and oxygen atoms in total. The van der Waals surface area contributed by atoms with Crippen LogP contribution in [-0.4, -0.2) is 99.4 Å². The molecule has 2 saturated heterocycles. The normalized spacial score (nSPS) is 17.5. The van der Waals surface area contributed by atoms with E-state index in [1.807, 2.05) is 24.3 Å². The fourth-order valence-corrected chi connectivity index (χ4v) is 4.80. The lowest BCUT2D eigenvalue weighted by Crippen LogP contribution is -2.44. The SMILES string of the molecule is Cl.Cl.ON=C1c2cc(OCCN3CCNCC3)ccc2-c2ccc(OCCN3CCNCC3)cc21. The maximum absolute atomic E-state index is 9.82. The highest BCUT2D eigenvalue weighted by Crippen LogP contribution is 2.40. The van der Waals surface area contributed by atoms with Gasteiger partial charge in [-0.2, -0.15) is 0 Å². The number of rotatable bonds is 8. The topological polar surface area (TPSA) is 81.6 Å². The van der Waals surface area contributed by atoms with Crippen LogP contribution in [-0.2, 0) is 0 Å². The smallest absolute Gasteiger partial charge is 0.120 e. The van der Waals surface area contributed by atoms with Crippen LogP contribution < -0.4 is 20.1 Å². The molecule has 0 bridgehead atoms. The zero-order chi connectivity index (χ0) is 22.5. The number of hydrogen-bond acceptors (Lipinski definition) is 8. The summed E-state index contributed by atoms with van der Waals surface area (Å²) in [5, 5.41) is 20.2. The minimum absolute atomic E-state index is 0. The highest BCUT2D eigenvalue weighted by molar-refractivity contribution is 6.24. The minimum Gasteiger partial charge on any atom is -0.492 e. The quantitative estimate of drug-likeness (QED) is 0.308. The largest absolute Gasteiger partial charge is 0.492 e. The van der Waals surface area contributed by atoms with E-state index < -0.39 is 0 Å². The molecule has 2 aliphatic heterocycles. The van der Waals surface area contributed by atoms with Crippen molar-refractivity contribution in [3.63, 3.8) is 0 Å². The van der Waals surface area contributed by atoms with Gasteiger partial charge in [-0.25, -0.2) is 0 Å². The molecule has 0 unspecified atom stereocenters. The second-order valence-electron chi connectivity index (χ2n) is 8.74. The van der Waals surface area contributed by atoms with E-state index in [1.54, 1.807) is 0 Å². The predicted octanol–water partition coefficient (Wildman–Crippen LogP) is 2.31. The molecule has 0 radical (unpaired) electrons. The van der Waals surface area contributed by atoms with Gasteiger partial charge in [0.25, 0.3) is 0 Å². The Morgan fingerprint density at radius 3 is 1.51 bits per heavy atom. The van der Waals surface area contributed by atoms with E-state index in [4.69, 9.17) is 9.47 Å². The maximum atomic E-state index is 9.82. The minimum atomic E-state index is 0. The first-order chi connectivity index (χ1) is 16.3. The van der Waals surface area contributed by atoms with E-state index in [2.05, 4.69) is 37.7 Å². The molecule has 192 valence electrons. The Morgan fingerprint density at radius 1 is 0.686 bits per heavy atom. The molecule has 2 aromatic carbocycles. The Morgan fingerprint density at radius 2 is 1.11 bits per heavy atom. The number of benzene rings is 2. The second kappa shape index (κ2) is 13.3. The number of nitrogens with one attached hydrogen (secondary N) is 2. The van der Waals surface area contributed by atoms with Gasteiger partial charge in [-0.15, -0.1) is 24.8 Å². The standard InChI is InChI=1S/C25H33N5O3.2ClH/c31-28-25-23-17-19(32-15-13-29-9-5-26-6-10-29)1-3-21(23)22-4-2-20(18-24(22)25)33-16-14-30-11-7-27-8-12-30;;/h1-4,17-18,26-27,31H,5-16H2;2*1H. The lowest BCUT2D eigenvalue weighted by Gasteiger charge is -2.26. The number of piperazine rings is 2. The van der Waals surface area contributed by atoms with Crippen molar-refractivity contribution in [3.05, 3.63) is 47.5 Å². The molecule has 3 N–H and O–H groups in total. The van der Waals surface area contributed by atoms with Crippen LogP contribution in [0.5, 0.6) is 11.5 Å². The molecule has 0 saturated carbocycles. The van der Waals surface area contributed by atoms with Gasteiger partial charge in [0.05, 0.1) is 0 Å². The molecule has 10 heteroatoms. The second-order valence-corrected chi connectivity index (χ2v) is 8.74. The molecular formula is C25H35Cl2N5O3. The Hall–Kier alpha value is -2.07. The predicted molar refractivity (Wildman–Crippen MR) is 143 cm³/mol. The number of hydrogen-bond donors (Lipinski definition) is 3. The van der Waals surface area contributed by atoms with Gasteiger partial charge in [-0.05, 0) is 47.5 Å². The van der Waals surface area contributed by atoms with Crippen molar-refractivity contribution in [2.75, 3.05) is 78.7 Å². The lowest BCUT2D eigenvalue weighted by atomic mass is 10.1. The average molecular weight is 524 g/mol. The summed E-state index contributed by atoms with van der Waals surface area (Å²) < 4.78 is 12.1. The van der Waals surface area contributed by atoms with Crippen LogP contribution in [0.2, 0.25) is 0 Å². The van der Waals surface area contributed by atoms with Crippen LogP contribution in [0.4, 0.5) is 0 Å². The number of halogens is 2. The summed E-state index contributed by atoms with van der Waals surface area (Å²) in [6.07, 6.45) is 0. The highest BCUT2D eigenvalue weighted by atomic mass is 35.5. The third-order valence-corrected chi connectivity index (χ3v) is 6.65. The van der Waals surface area contributed by atoms with Crippen LogP contribution >= 0.6 is 24.8 Å². The van der Waals surface area contributed by atoms with Crippen molar-refractivity contribution in [2.24, 2.45) is 5.16 Å². The molecular weight excluding hydrogens is 489 g/mol. The van der Waals surface area contributed by atoms with Crippen molar-refractivity contribution < 1.29 is 14.7 Å². The van der Waals surface area contributed by atoms with Crippen molar-refractivity contribution >= 4 is 30.5 Å². The van der Waals surface area contributed by atoms with Crippen molar-refractivity contribution in [1.82, 2.24) is 20.4 Å². The maximum Gasteiger partial charge on any atom is 0.120 e. The molecule has 35 heavy (non-hydrogen) atoms. The Kier molecular flexibility index (Phi) is 10.5. The molecule has 1 aliphatic carbocycles. The number of ether oxygens (including phenoxy) is 2. The summed E-state index contributed by atoms with van der Waals surface area (Å²) in [5.74, 6) is 1.59. The Labute approximate surface area is 219 Å². The van der Waals surface area contributed by atoms with Crippen LogP contribution in [0.25, 0.3) is 11.1 Å². The summed E-state index contributed by atoms with van der Waals surface area (Å²) >= 11 is 0. The molecule has 0 amide bonds. The van der Waals surface area contributed by atoms with Gasteiger partial charge in [0, 0.05) is 76.6 Å². The number of fused-ring (bicyclic) bond motifs is 3. The van der Waals surface area contributed by atoms with Gasteiger partial charge >= 0.3 is 0 Å². The van der Waals surface area contributed by atoms with Crippen LogP contribution in [0.1, 0.15) is 11.1 Å². The van der Waals surface area contributed by atoms with Crippen molar-refractivity contribution in [2.45, 2.75) is 0 Å². The first-order valence-corrected chi connectivity index (χ1v) is 11.9.